The van der Waals surface area contributed by atoms with Crippen molar-refractivity contribution in [3.63, 3.8) is 0 Å². The Kier molecular flexibility index (Phi) is 6.80. The van der Waals surface area contributed by atoms with Crippen molar-refractivity contribution in [2.45, 2.75) is 46.5 Å². The molecule has 1 aliphatic rings. The molecule has 1 fully saturated rings. The van der Waals surface area contributed by atoms with Crippen molar-refractivity contribution in [1.82, 2.24) is 0 Å². The van der Waals surface area contributed by atoms with E-state index in [9.17, 15) is 28.8 Å². The minimum absolute atomic E-state index is 0.0571. The van der Waals surface area contributed by atoms with Crippen LogP contribution in [0.15, 0.2) is 0 Å². The van der Waals surface area contributed by atoms with Crippen LogP contribution in [0, 0.1) is 0 Å². The summed E-state index contributed by atoms with van der Waals surface area (Å²) in [5.74, 6) is 0. The van der Waals surface area contributed by atoms with E-state index < -0.39 is 61.4 Å². The van der Waals surface area contributed by atoms with Crippen LogP contribution < -0.4 is 0 Å². The molecule has 0 aromatic carbocycles. The summed E-state index contributed by atoms with van der Waals surface area (Å²) in [6.07, 6.45) is -6.27. The van der Waals surface area contributed by atoms with Crippen LogP contribution in [-0.2, 0) is 14.6 Å². The fourth-order valence-corrected chi connectivity index (χ4v) is 7.54. The summed E-state index contributed by atoms with van der Waals surface area (Å²) in [7, 11) is -4.80. The van der Waals surface area contributed by atoms with Gasteiger partial charge in [-0.05, 0) is 0 Å². The van der Waals surface area contributed by atoms with Crippen molar-refractivity contribution in [3.05, 3.63) is 0 Å². The summed E-state index contributed by atoms with van der Waals surface area (Å²) in [6.45, 7) is -0.812. The normalized spacial score (nSPS) is 34.7. The van der Waals surface area contributed by atoms with Gasteiger partial charge in [-0.2, -0.15) is 0 Å². The number of aliphatic hydroxyl groups is 5. The molecule has 0 amide bonds. The van der Waals surface area contributed by atoms with Gasteiger partial charge in [0.2, 0.25) is 0 Å². The summed E-state index contributed by atoms with van der Waals surface area (Å²) < 4.78 is 33.8. The fraction of sp³-hybridized carbons (Fsp3) is 1.00. The van der Waals surface area contributed by atoms with Gasteiger partial charge in [0.05, 0.1) is 0 Å². The molecular formula is C9H19O9SSe+. The molecule has 6 atom stereocenters. The summed E-state index contributed by atoms with van der Waals surface area (Å²) >= 11 is -1.71. The van der Waals surface area contributed by atoms with Crippen molar-refractivity contribution >= 4 is 24.3 Å². The Hall–Kier alpha value is 0.189. The van der Waals surface area contributed by atoms with E-state index in [2.05, 4.69) is 4.18 Å². The van der Waals surface area contributed by atoms with Gasteiger partial charge in [-0.1, -0.05) is 0 Å². The average molecular weight is 382 g/mol. The van der Waals surface area contributed by atoms with Crippen LogP contribution in [-0.4, -0.2) is 89.5 Å². The monoisotopic (exact) mass is 383 g/mol. The van der Waals surface area contributed by atoms with Crippen LogP contribution in [0.2, 0.25) is 16.0 Å². The molecule has 0 spiro atoms. The van der Waals surface area contributed by atoms with Gasteiger partial charge in [0, 0.05) is 0 Å². The van der Waals surface area contributed by atoms with Crippen LogP contribution >= 0.6 is 0 Å². The molecule has 1 saturated heterocycles. The molecule has 20 heavy (non-hydrogen) atoms. The maximum absolute atomic E-state index is 10.6. The number of aliphatic hydroxyl groups excluding tert-OH is 5. The van der Waals surface area contributed by atoms with E-state index in [1.54, 1.807) is 0 Å². The van der Waals surface area contributed by atoms with Gasteiger partial charge in [-0.3, -0.25) is 0 Å². The first-order chi connectivity index (χ1) is 9.14. The molecule has 0 saturated carbocycles. The van der Waals surface area contributed by atoms with Crippen LogP contribution in [0.4, 0.5) is 0 Å². The maximum atomic E-state index is 10.6. The van der Waals surface area contributed by atoms with Crippen molar-refractivity contribution in [1.29, 1.82) is 0 Å². The molecule has 2 unspecified atom stereocenters. The fourth-order valence-electron chi connectivity index (χ4n) is 1.86. The summed E-state index contributed by atoms with van der Waals surface area (Å²) in [6, 6.07) is 0. The molecule has 0 radical (unpaired) electrons. The van der Waals surface area contributed by atoms with Gasteiger partial charge in [-0.15, -0.1) is 0 Å². The van der Waals surface area contributed by atoms with E-state index in [0.717, 1.165) is 0 Å². The zero-order valence-corrected chi connectivity index (χ0v) is 13.0. The van der Waals surface area contributed by atoms with Crippen molar-refractivity contribution < 1.29 is 42.7 Å². The second kappa shape index (κ2) is 7.45. The van der Waals surface area contributed by atoms with E-state index in [1.165, 1.54) is 0 Å². The Bertz CT molecular complexity index is 390. The molecule has 0 aromatic heterocycles. The summed E-state index contributed by atoms with van der Waals surface area (Å²) in [4.78, 5) is 0. The Morgan fingerprint density at radius 1 is 1.20 bits per heavy atom. The zero-order valence-electron chi connectivity index (χ0n) is 10.4. The Morgan fingerprint density at radius 2 is 1.70 bits per heavy atom. The number of rotatable bonds is 6. The molecule has 9 nitrogen and oxygen atoms in total. The third-order valence-electron chi connectivity index (χ3n) is 2.86. The molecular weight excluding hydrogens is 363 g/mol. The second-order valence-corrected chi connectivity index (χ2v) is 10.3. The predicted octanol–water partition coefficient (Wildman–Crippen LogP) is -2.88. The molecule has 0 aromatic rings. The Labute approximate surface area is 120 Å². The van der Waals surface area contributed by atoms with Crippen LogP contribution in [0.3, 0.4) is 0 Å². The standard InChI is InChI=1S/C9H18O9SSe/c10-1-8(18-19(15,16)17)5(11)2-20-3-6(12)9(14)7(13)4-20/h5-14H,1-4H2/p+1/t5-,6-,7+,8-,9?,20?/m0/s1. The van der Waals surface area contributed by atoms with Gasteiger partial charge in [0.1, 0.15) is 0 Å². The van der Waals surface area contributed by atoms with Crippen molar-refractivity contribution in [2.75, 3.05) is 6.61 Å². The van der Waals surface area contributed by atoms with Crippen LogP contribution in [0.25, 0.3) is 0 Å². The quantitative estimate of drug-likeness (QED) is 0.209. The van der Waals surface area contributed by atoms with Crippen molar-refractivity contribution in [3.8, 4) is 0 Å². The zero-order chi connectivity index (χ0) is 15.5. The van der Waals surface area contributed by atoms with Gasteiger partial charge >= 0.3 is 120 Å². The Morgan fingerprint density at radius 3 is 2.10 bits per heavy atom. The first-order valence-electron chi connectivity index (χ1n) is 5.77. The first-order valence-corrected chi connectivity index (χ1v) is 10.8. The molecule has 120 valence electrons. The first kappa shape index (κ1) is 18.2. The van der Waals surface area contributed by atoms with Gasteiger partial charge < -0.3 is 0 Å². The molecule has 0 bridgehead atoms. The van der Waals surface area contributed by atoms with Gasteiger partial charge in [0.15, 0.2) is 0 Å². The van der Waals surface area contributed by atoms with E-state index in [1.807, 2.05) is 0 Å². The Balaban J connectivity index is 2.58. The molecule has 1 aliphatic heterocycles. The minimum atomic E-state index is -4.80. The molecule has 0 aliphatic carbocycles. The van der Waals surface area contributed by atoms with E-state index >= 15 is 0 Å². The van der Waals surface area contributed by atoms with Crippen LogP contribution in [0.1, 0.15) is 0 Å². The van der Waals surface area contributed by atoms with E-state index in [0.29, 0.717) is 0 Å². The third-order valence-corrected chi connectivity index (χ3v) is 8.47. The van der Waals surface area contributed by atoms with Gasteiger partial charge in [-0.25, -0.2) is 0 Å². The van der Waals surface area contributed by atoms with E-state index in [4.69, 9.17) is 9.66 Å². The summed E-state index contributed by atoms with van der Waals surface area (Å²) in [5, 5.41) is 47.7. The van der Waals surface area contributed by atoms with Gasteiger partial charge in [0.25, 0.3) is 0 Å². The molecule has 6 N–H and O–H groups in total. The topological polar surface area (TPSA) is 165 Å². The third kappa shape index (κ3) is 5.52. The SMILES string of the molecule is O=S(=O)(O)O[C@@H](CO)[C@@H](O)C[Se+]1C[C@@H](O)C(O)[C@@H](O)C1. The molecule has 1 heterocycles. The van der Waals surface area contributed by atoms with Crippen LogP contribution in [0.5, 0.6) is 0 Å². The summed E-state index contributed by atoms with van der Waals surface area (Å²) in [5.41, 5.74) is 0. The van der Waals surface area contributed by atoms with E-state index in [-0.39, 0.29) is 16.0 Å². The number of hydrogen-bond acceptors (Lipinski definition) is 8. The predicted molar refractivity (Wildman–Crippen MR) is 67.7 cm³/mol. The van der Waals surface area contributed by atoms with Crippen molar-refractivity contribution in [2.24, 2.45) is 0 Å². The second-order valence-electron chi connectivity index (χ2n) is 4.55. The molecule has 1 rings (SSSR count). The number of hydrogen-bond donors (Lipinski definition) is 6. The average Bonchev–Trinajstić information content (AvgIpc) is 2.31. The molecule has 11 heteroatoms.